The fourth-order valence-electron chi connectivity index (χ4n) is 1.86. The van der Waals surface area contributed by atoms with Crippen molar-refractivity contribution in [2.24, 2.45) is 16.5 Å². The summed E-state index contributed by atoms with van der Waals surface area (Å²) in [6.45, 7) is -0.0273. The summed E-state index contributed by atoms with van der Waals surface area (Å²) in [7, 11) is 0. The van der Waals surface area contributed by atoms with Gasteiger partial charge in [0.25, 0.3) is 5.91 Å². The van der Waals surface area contributed by atoms with Gasteiger partial charge in [0.05, 0.1) is 6.61 Å². The number of aliphatic imine (C=N–C) groups is 1. The molecule has 0 aliphatic heterocycles. The minimum absolute atomic E-state index is 0.0273. The zero-order valence-corrected chi connectivity index (χ0v) is 10.8. The quantitative estimate of drug-likeness (QED) is 0.576. The van der Waals surface area contributed by atoms with E-state index in [1.807, 2.05) is 30.3 Å². The Bertz CT molecular complexity index is 662. The molecule has 0 heterocycles. The van der Waals surface area contributed by atoms with Crippen LogP contribution < -0.4 is 11.5 Å². The molecule has 0 radical (unpaired) electrons. The lowest BCUT2D eigenvalue weighted by molar-refractivity contribution is 0.100. The van der Waals surface area contributed by atoms with Gasteiger partial charge in [-0.25, -0.2) is 0 Å². The molecule has 2 aromatic carbocycles. The van der Waals surface area contributed by atoms with Gasteiger partial charge in [-0.05, 0) is 34.9 Å². The predicted octanol–water partition coefficient (Wildman–Crippen LogP) is 1.26. The number of aliphatic hydroxyl groups excluding tert-OH is 1. The summed E-state index contributed by atoms with van der Waals surface area (Å²) in [5.74, 6) is -0.743. The van der Waals surface area contributed by atoms with Crippen LogP contribution in [0.5, 0.6) is 0 Å². The minimum atomic E-state index is -0.481. The smallest absolute Gasteiger partial charge is 0.280 e. The number of hydrogen-bond acceptors (Lipinski definition) is 2. The van der Waals surface area contributed by atoms with Crippen molar-refractivity contribution in [2.75, 3.05) is 0 Å². The van der Waals surface area contributed by atoms with Crippen LogP contribution >= 0.6 is 0 Å². The van der Waals surface area contributed by atoms with Crippen molar-refractivity contribution in [3.8, 4) is 11.1 Å². The molecule has 2 rings (SSSR count). The van der Waals surface area contributed by atoms with Gasteiger partial charge in [0, 0.05) is 5.56 Å². The number of nitrogens with zero attached hydrogens (tertiary/aromatic N) is 1. The highest BCUT2D eigenvalue weighted by molar-refractivity contribution is 6.02. The molecule has 0 saturated carbocycles. The van der Waals surface area contributed by atoms with Crippen LogP contribution in [-0.2, 0) is 6.61 Å². The van der Waals surface area contributed by atoms with Gasteiger partial charge in [0.2, 0.25) is 0 Å². The minimum Gasteiger partial charge on any atom is -0.392 e. The molecule has 5 heteroatoms. The van der Waals surface area contributed by atoms with Crippen molar-refractivity contribution in [1.82, 2.24) is 0 Å². The molecular formula is C15H15N3O2. The molecule has 0 spiro atoms. The standard InChI is InChI=1S/C15H15N3O2/c16-15(17)18-14(20)13-6-2-5-12(8-13)11-4-1-3-10(7-11)9-19/h1-8,19H,9H2,(H4,16,17,18,20). The first-order valence-electron chi connectivity index (χ1n) is 6.04. The lowest BCUT2D eigenvalue weighted by Gasteiger charge is -2.05. The van der Waals surface area contributed by atoms with Gasteiger partial charge in [0.15, 0.2) is 5.96 Å². The van der Waals surface area contributed by atoms with Crippen LogP contribution in [0.2, 0.25) is 0 Å². The van der Waals surface area contributed by atoms with E-state index in [1.165, 1.54) is 0 Å². The number of nitrogens with two attached hydrogens (primary N) is 2. The van der Waals surface area contributed by atoms with Gasteiger partial charge in [0.1, 0.15) is 0 Å². The Morgan fingerprint density at radius 3 is 2.35 bits per heavy atom. The van der Waals surface area contributed by atoms with Crippen LogP contribution in [0, 0.1) is 0 Å². The molecule has 102 valence electrons. The number of rotatable bonds is 3. The molecule has 0 fully saturated rings. The molecule has 0 aliphatic rings. The maximum Gasteiger partial charge on any atom is 0.280 e. The van der Waals surface area contributed by atoms with E-state index in [9.17, 15) is 4.79 Å². The summed E-state index contributed by atoms with van der Waals surface area (Å²) < 4.78 is 0. The number of aliphatic hydroxyl groups is 1. The number of hydrogen-bond donors (Lipinski definition) is 3. The van der Waals surface area contributed by atoms with Crippen molar-refractivity contribution in [1.29, 1.82) is 0 Å². The molecular weight excluding hydrogens is 254 g/mol. The number of benzene rings is 2. The molecule has 0 unspecified atom stereocenters. The highest BCUT2D eigenvalue weighted by Crippen LogP contribution is 2.22. The van der Waals surface area contributed by atoms with Crippen LogP contribution in [0.25, 0.3) is 11.1 Å². The van der Waals surface area contributed by atoms with E-state index in [0.29, 0.717) is 5.56 Å². The van der Waals surface area contributed by atoms with Gasteiger partial charge >= 0.3 is 0 Å². The van der Waals surface area contributed by atoms with Crippen molar-refractivity contribution >= 4 is 11.9 Å². The van der Waals surface area contributed by atoms with Crippen LogP contribution in [0.1, 0.15) is 15.9 Å². The summed E-state index contributed by atoms with van der Waals surface area (Å²) in [4.78, 5) is 15.3. The molecule has 0 atom stereocenters. The lowest BCUT2D eigenvalue weighted by Crippen LogP contribution is -2.24. The Morgan fingerprint density at radius 2 is 1.70 bits per heavy atom. The fourth-order valence-corrected chi connectivity index (χ4v) is 1.86. The summed E-state index contributed by atoms with van der Waals surface area (Å²) in [5.41, 5.74) is 13.4. The molecule has 5 N–H and O–H groups in total. The van der Waals surface area contributed by atoms with E-state index in [2.05, 4.69) is 4.99 Å². The van der Waals surface area contributed by atoms with E-state index in [-0.39, 0.29) is 12.6 Å². The van der Waals surface area contributed by atoms with E-state index in [4.69, 9.17) is 16.6 Å². The molecule has 2 aromatic rings. The maximum atomic E-state index is 11.8. The monoisotopic (exact) mass is 269 g/mol. The Labute approximate surface area is 116 Å². The van der Waals surface area contributed by atoms with Crippen molar-refractivity contribution in [3.63, 3.8) is 0 Å². The topological polar surface area (TPSA) is 102 Å². The van der Waals surface area contributed by atoms with Crippen molar-refractivity contribution < 1.29 is 9.90 Å². The van der Waals surface area contributed by atoms with E-state index >= 15 is 0 Å². The zero-order chi connectivity index (χ0) is 14.5. The third-order valence-electron chi connectivity index (χ3n) is 2.78. The summed E-state index contributed by atoms with van der Waals surface area (Å²) in [6, 6.07) is 14.5. The first kappa shape index (κ1) is 13.8. The molecule has 0 aromatic heterocycles. The van der Waals surface area contributed by atoms with Gasteiger partial charge in [-0.2, -0.15) is 4.99 Å². The van der Waals surface area contributed by atoms with E-state index in [0.717, 1.165) is 16.7 Å². The van der Waals surface area contributed by atoms with Crippen molar-refractivity contribution in [3.05, 3.63) is 59.7 Å². The van der Waals surface area contributed by atoms with E-state index < -0.39 is 5.91 Å². The summed E-state index contributed by atoms with van der Waals surface area (Å²) in [5, 5.41) is 9.15. The predicted molar refractivity (Wildman–Crippen MR) is 77.9 cm³/mol. The Balaban J connectivity index is 2.39. The third kappa shape index (κ3) is 3.21. The number of amides is 1. The molecule has 5 nitrogen and oxygen atoms in total. The Kier molecular flexibility index (Phi) is 4.12. The van der Waals surface area contributed by atoms with Gasteiger partial charge in [-0.1, -0.05) is 30.3 Å². The Hall–Kier alpha value is -2.66. The van der Waals surface area contributed by atoms with Crippen LogP contribution in [0.15, 0.2) is 53.5 Å². The molecule has 0 saturated heterocycles. The molecule has 0 aliphatic carbocycles. The van der Waals surface area contributed by atoms with Crippen LogP contribution in [-0.4, -0.2) is 17.0 Å². The second-order valence-electron chi connectivity index (χ2n) is 4.28. The lowest BCUT2D eigenvalue weighted by atomic mass is 10.0. The summed E-state index contributed by atoms with van der Waals surface area (Å²) in [6.07, 6.45) is 0. The Morgan fingerprint density at radius 1 is 1.05 bits per heavy atom. The first-order chi connectivity index (χ1) is 9.60. The molecule has 20 heavy (non-hydrogen) atoms. The largest absolute Gasteiger partial charge is 0.392 e. The normalized spacial score (nSPS) is 10.1. The van der Waals surface area contributed by atoms with Crippen molar-refractivity contribution in [2.45, 2.75) is 6.61 Å². The van der Waals surface area contributed by atoms with Gasteiger partial charge in [-0.3, -0.25) is 4.79 Å². The fraction of sp³-hybridized carbons (Fsp3) is 0.0667. The first-order valence-corrected chi connectivity index (χ1v) is 6.04. The molecule has 1 amide bonds. The number of carbonyl (C=O) groups excluding carboxylic acids is 1. The van der Waals surface area contributed by atoms with E-state index in [1.54, 1.807) is 18.2 Å². The average molecular weight is 269 g/mol. The number of carbonyl (C=O) groups is 1. The van der Waals surface area contributed by atoms with Gasteiger partial charge < -0.3 is 16.6 Å². The summed E-state index contributed by atoms with van der Waals surface area (Å²) >= 11 is 0. The second-order valence-corrected chi connectivity index (χ2v) is 4.28. The highest BCUT2D eigenvalue weighted by Gasteiger charge is 2.06. The maximum absolute atomic E-state index is 11.8. The zero-order valence-electron chi connectivity index (χ0n) is 10.8. The second kappa shape index (κ2) is 5.99. The highest BCUT2D eigenvalue weighted by atomic mass is 16.3. The third-order valence-corrected chi connectivity index (χ3v) is 2.78. The SMILES string of the molecule is NC(N)=NC(=O)c1cccc(-c2cccc(CO)c2)c1. The number of guanidine groups is 1. The molecule has 0 bridgehead atoms. The van der Waals surface area contributed by atoms with Crippen LogP contribution in [0.3, 0.4) is 0 Å². The van der Waals surface area contributed by atoms with Gasteiger partial charge in [-0.15, -0.1) is 0 Å². The van der Waals surface area contributed by atoms with Crippen LogP contribution in [0.4, 0.5) is 0 Å². The average Bonchev–Trinajstić information content (AvgIpc) is 2.47.